The van der Waals surface area contributed by atoms with Crippen molar-refractivity contribution in [2.75, 3.05) is 19.8 Å². The van der Waals surface area contributed by atoms with Gasteiger partial charge in [-0.15, -0.1) is 0 Å². The summed E-state index contributed by atoms with van der Waals surface area (Å²) in [4.78, 5) is 11.0. The number of hydrogen-bond acceptors (Lipinski definition) is 4. The van der Waals surface area contributed by atoms with Gasteiger partial charge in [0, 0.05) is 6.61 Å². The zero-order chi connectivity index (χ0) is 12.9. The summed E-state index contributed by atoms with van der Waals surface area (Å²) < 4.78 is 10.3. The monoisotopic (exact) mass is 262 g/mol. The zero-order valence-corrected chi connectivity index (χ0v) is 12.0. The molecule has 0 fully saturated rings. The fraction of sp³-hybridized carbons (Fsp3) is 0.923. The van der Waals surface area contributed by atoms with E-state index in [1.54, 1.807) is 6.92 Å². The van der Waals surface area contributed by atoms with Gasteiger partial charge < -0.3 is 9.47 Å². The minimum absolute atomic E-state index is 0.281. The topological polar surface area (TPSA) is 35.5 Å². The Bertz CT molecular complexity index is 184. The molecule has 0 aromatic rings. The molecule has 102 valence electrons. The van der Waals surface area contributed by atoms with Gasteiger partial charge in [0.25, 0.3) is 0 Å². The van der Waals surface area contributed by atoms with Gasteiger partial charge in [0.2, 0.25) is 0 Å². The Morgan fingerprint density at radius 2 is 1.71 bits per heavy atom. The molecule has 0 spiro atoms. The van der Waals surface area contributed by atoms with Gasteiger partial charge in [-0.2, -0.15) is 12.6 Å². The Morgan fingerprint density at radius 1 is 1.06 bits per heavy atom. The molecule has 0 N–H and O–H groups in total. The van der Waals surface area contributed by atoms with E-state index in [0.717, 1.165) is 13.0 Å². The van der Waals surface area contributed by atoms with Crippen molar-refractivity contribution in [2.24, 2.45) is 0 Å². The fourth-order valence-corrected chi connectivity index (χ4v) is 1.48. The van der Waals surface area contributed by atoms with Gasteiger partial charge >= 0.3 is 5.97 Å². The van der Waals surface area contributed by atoms with Crippen molar-refractivity contribution in [1.29, 1.82) is 0 Å². The predicted octanol–water partition coefficient (Wildman–Crippen LogP) is 3.23. The van der Waals surface area contributed by atoms with E-state index < -0.39 is 0 Å². The normalized spacial score (nSPS) is 12.4. The second-order valence-corrected chi connectivity index (χ2v) is 5.00. The molecule has 1 unspecified atom stereocenters. The molecule has 0 aliphatic heterocycles. The van der Waals surface area contributed by atoms with Crippen LogP contribution in [0.5, 0.6) is 0 Å². The highest BCUT2D eigenvalue weighted by Gasteiger charge is 2.07. The summed E-state index contributed by atoms with van der Waals surface area (Å²) in [7, 11) is 0. The second-order valence-electron chi connectivity index (χ2n) is 4.22. The molecule has 0 aromatic carbocycles. The van der Waals surface area contributed by atoms with Crippen molar-refractivity contribution in [3.63, 3.8) is 0 Å². The Morgan fingerprint density at radius 3 is 2.35 bits per heavy atom. The van der Waals surface area contributed by atoms with E-state index in [1.165, 1.54) is 32.1 Å². The molecule has 0 rings (SSSR count). The Balaban J connectivity index is 3.06. The van der Waals surface area contributed by atoms with Gasteiger partial charge in [-0.3, -0.25) is 4.79 Å². The first-order valence-electron chi connectivity index (χ1n) is 6.61. The quantitative estimate of drug-likeness (QED) is 0.353. The molecule has 4 heteroatoms. The van der Waals surface area contributed by atoms with Gasteiger partial charge in [0.15, 0.2) is 0 Å². The maximum Gasteiger partial charge on any atom is 0.318 e. The van der Waals surface area contributed by atoms with Crippen LogP contribution in [0.3, 0.4) is 0 Å². The summed E-state index contributed by atoms with van der Waals surface area (Å²) in [5.74, 6) is -0.281. The maximum absolute atomic E-state index is 11.0. The van der Waals surface area contributed by atoms with E-state index >= 15 is 0 Å². The van der Waals surface area contributed by atoms with E-state index in [1.807, 2.05) is 0 Å². The molecule has 0 amide bonds. The Hall–Kier alpha value is -0.220. The van der Waals surface area contributed by atoms with E-state index in [9.17, 15) is 4.79 Å². The number of ether oxygens (including phenoxy) is 2. The SMILES string of the molecule is CCCCCCCCOCCOC(=O)C(C)S. The van der Waals surface area contributed by atoms with Crippen LogP contribution in [0.25, 0.3) is 0 Å². The van der Waals surface area contributed by atoms with Gasteiger partial charge in [0.05, 0.1) is 11.9 Å². The average molecular weight is 262 g/mol. The van der Waals surface area contributed by atoms with Crippen molar-refractivity contribution >= 4 is 18.6 Å². The maximum atomic E-state index is 11.0. The first-order valence-corrected chi connectivity index (χ1v) is 7.12. The van der Waals surface area contributed by atoms with E-state index in [-0.39, 0.29) is 11.2 Å². The van der Waals surface area contributed by atoms with Crippen LogP contribution < -0.4 is 0 Å². The van der Waals surface area contributed by atoms with Gasteiger partial charge in [-0.25, -0.2) is 0 Å². The number of unbranched alkanes of at least 4 members (excludes halogenated alkanes) is 5. The Kier molecular flexibility index (Phi) is 12.1. The Labute approximate surface area is 111 Å². The molecular formula is C13H26O3S. The van der Waals surface area contributed by atoms with E-state index in [4.69, 9.17) is 9.47 Å². The van der Waals surface area contributed by atoms with Gasteiger partial charge in [-0.1, -0.05) is 39.0 Å². The molecule has 0 aromatic heterocycles. The smallest absolute Gasteiger partial charge is 0.318 e. The molecule has 3 nitrogen and oxygen atoms in total. The number of rotatable bonds is 11. The minimum Gasteiger partial charge on any atom is -0.462 e. The molecule has 0 radical (unpaired) electrons. The summed E-state index contributed by atoms with van der Waals surface area (Å²) in [5, 5.41) is -0.353. The third-order valence-electron chi connectivity index (χ3n) is 2.46. The highest BCUT2D eigenvalue weighted by atomic mass is 32.1. The third kappa shape index (κ3) is 12.0. The lowest BCUT2D eigenvalue weighted by Gasteiger charge is -2.07. The van der Waals surface area contributed by atoms with Crippen LogP contribution in [0.2, 0.25) is 0 Å². The molecule has 0 aliphatic rings. The number of thiol groups is 1. The fourth-order valence-electron chi connectivity index (χ4n) is 1.41. The lowest BCUT2D eigenvalue weighted by Crippen LogP contribution is -2.17. The molecule has 0 saturated carbocycles. The van der Waals surface area contributed by atoms with Crippen molar-refractivity contribution in [3.8, 4) is 0 Å². The molecule has 0 aliphatic carbocycles. The van der Waals surface area contributed by atoms with E-state index in [2.05, 4.69) is 19.6 Å². The predicted molar refractivity (Wildman–Crippen MR) is 73.6 cm³/mol. The highest BCUT2D eigenvalue weighted by Crippen LogP contribution is 2.04. The average Bonchev–Trinajstić information content (AvgIpc) is 2.31. The van der Waals surface area contributed by atoms with Crippen LogP contribution in [0, 0.1) is 0 Å². The minimum atomic E-state index is -0.353. The first-order chi connectivity index (χ1) is 8.18. The summed E-state index contributed by atoms with van der Waals surface area (Å²) in [6.45, 7) is 5.50. The van der Waals surface area contributed by atoms with Crippen molar-refractivity contribution in [1.82, 2.24) is 0 Å². The van der Waals surface area contributed by atoms with Crippen LogP contribution in [-0.2, 0) is 14.3 Å². The van der Waals surface area contributed by atoms with E-state index in [0.29, 0.717) is 13.2 Å². The lowest BCUT2D eigenvalue weighted by atomic mass is 10.1. The highest BCUT2D eigenvalue weighted by molar-refractivity contribution is 7.81. The van der Waals surface area contributed by atoms with Gasteiger partial charge in [0.1, 0.15) is 6.61 Å². The number of carbonyl (C=O) groups excluding carboxylic acids is 1. The largest absolute Gasteiger partial charge is 0.462 e. The molecule has 1 atom stereocenters. The molecule has 17 heavy (non-hydrogen) atoms. The van der Waals surface area contributed by atoms with Crippen LogP contribution in [0.1, 0.15) is 52.4 Å². The van der Waals surface area contributed by atoms with Crippen LogP contribution >= 0.6 is 12.6 Å². The van der Waals surface area contributed by atoms with Crippen molar-refractivity contribution < 1.29 is 14.3 Å². The van der Waals surface area contributed by atoms with Crippen molar-refractivity contribution in [2.45, 2.75) is 57.6 Å². The summed E-state index contributed by atoms with van der Waals surface area (Å²) >= 11 is 3.98. The van der Waals surface area contributed by atoms with Crippen LogP contribution in [-0.4, -0.2) is 31.0 Å². The first kappa shape index (κ1) is 16.8. The number of esters is 1. The van der Waals surface area contributed by atoms with Crippen LogP contribution in [0.15, 0.2) is 0 Å². The van der Waals surface area contributed by atoms with Crippen molar-refractivity contribution in [3.05, 3.63) is 0 Å². The lowest BCUT2D eigenvalue weighted by molar-refractivity contribution is -0.144. The standard InChI is InChI=1S/C13H26O3S/c1-3-4-5-6-7-8-9-15-10-11-16-13(14)12(2)17/h12,17H,3-11H2,1-2H3. The summed E-state index contributed by atoms with van der Waals surface area (Å²) in [6, 6.07) is 0. The summed E-state index contributed by atoms with van der Waals surface area (Å²) in [5.41, 5.74) is 0. The second kappa shape index (κ2) is 12.2. The molecule has 0 saturated heterocycles. The molecular weight excluding hydrogens is 236 g/mol. The molecule has 0 heterocycles. The summed E-state index contributed by atoms with van der Waals surface area (Å²) in [6.07, 6.45) is 7.57. The van der Waals surface area contributed by atoms with Gasteiger partial charge in [-0.05, 0) is 13.3 Å². The zero-order valence-electron chi connectivity index (χ0n) is 11.1. The third-order valence-corrected chi connectivity index (χ3v) is 2.67. The number of hydrogen-bond donors (Lipinski definition) is 1. The number of carbonyl (C=O) groups is 1. The van der Waals surface area contributed by atoms with Crippen LogP contribution in [0.4, 0.5) is 0 Å². The molecule has 0 bridgehead atoms.